The van der Waals surface area contributed by atoms with Crippen LogP contribution < -0.4 is 4.90 Å². The molecule has 0 aliphatic carbocycles. The van der Waals surface area contributed by atoms with Gasteiger partial charge in [0, 0.05) is 45.5 Å². The molecule has 0 radical (unpaired) electrons. The molecule has 3 heterocycles. The average molecular weight is 399 g/mol. The van der Waals surface area contributed by atoms with Crippen molar-refractivity contribution in [2.45, 2.75) is 32.4 Å². The lowest BCUT2D eigenvalue weighted by molar-refractivity contribution is -0.120. The smallest absolute Gasteiger partial charge is 0.243 e. The summed E-state index contributed by atoms with van der Waals surface area (Å²) in [5.74, 6) is 1.38. The van der Waals surface area contributed by atoms with Gasteiger partial charge < -0.3 is 14.2 Å². The lowest BCUT2D eigenvalue weighted by Gasteiger charge is -2.38. The van der Waals surface area contributed by atoms with E-state index in [1.807, 2.05) is 11.0 Å². The highest BCUT2D eigenvalue weighted by Crippen LogP contribution is 2.27. The number of aromatic nitrogens is 2. The van der Waals surface area contributed by atoms with Gasteiger partial charge in [-0.3, -0.25) is 14.6 Å². The summed E-state index contributed by atoms with van der Waals surface area (Å²) in [5, 5.41) is 3.95. The number of carbonyl (C=O) groups is 1. The highest BCUT2D eigenvalue weighted by atomic mass is 16.5. The van der Waals surface area contributed by atoms with Crippen molar-refractivity contribution in [3.05, 3.63) is 41.5 Å². The number of nitrogens with zero attached hydrogens (tertiary/aromatic N) is 5. The number of carbonyl (C=O) groups excluding carboxylic acids is 1. The molecule has 8 heteroatoms. The van der Waals surface area contributed by atoms with Crippen molar-refractivity contribution in [2.24, 2.45) is 0 Å². The Bertz CT molecular complexity index is 831. The fourth-order valence-electron chi connectivity index (χ4n) is 4.16. The van der Waals surface area contributed by atoms with Crippen molar-refractivity contribution in [3.8, 4) is 0 Å². The van der Waals surface area contributed by atoms with Crippen LogP contribution in [0.3, 0.4) is 0 Å². The van der Waals surface area contributed by atoms with Gasteiger partial charge >= 0.3 is 0 Å². The van der Waals surface area contributed by atoms with E-state index in [0.29, 0.717) is 24.9 Å². The Morgan fingerprint density at radius 2 is 2.00 bits per heavy atom. The van der Waals surface area contributed by atoms with Crippen LogP contribution in [0, 0.1) is 0 Å². The third-order valence-corrected chi connectivity index (χ3v) is 5.84. The Hall–Kier alpha value is -2.29. The number of anilines is 1. The van der Waals surface area contributed by atoms with Crippen molar-refractivity contribution >= 4 is 11.6 Å². The lowest BCUT2D eigenvalue weighted by Crippen LogP contribution is -2.51. The maximum atomic E-state index is 13.0. The molecule has 1 aromatic carbocycles. The topological polar surface area (TPSA) is 74.9 Å². The zero-order valence-corrected chi connectivity index (χ0v) is 17.2. The number of hydrogen-bond donors (Lipinski definition) is 0. The van der Waals surface area contributed by atoms with Gasteiger partial charge in [-0.1, -0.05) is 23.4 Å². The van der Waals surface area contributed by atoms with E-state index in [4.69, 9.17) is 9.26 Å². The van der Waals surface area contributed by atoms with E-state index in [-0.39, 0.29) is 11.9 Å². The van der Waals surface area contributed by atoms with E-state index in [0.717, 1.165) is 51.3 Å². The summed E-state index contributed by atoms with van der Waals surface area (Å²) in [6.07, 6.45) is 2.08. The fraction of sp³-hybridized carbons (Fsp3) is 0.571. The zero-order chi connectivity index (χ0) is 20.2. The van der Waals surface area contributed by atoms with Gasteiger partial charge in [0.25, 0.3) is 0 Å². The summed E-state index contributed by atoms with van der Waals surface area (Å²) < 4.78 is 10.4. The first-order valence-corrected chi connectivity index (χ1v) is 10.3. The second-order valence-corrected chi connectivity index (χ2v) is 7.75. The largest absolute Gasteiger partial charge is 0.377 e. The van der Waals surface area contributed by atoms with E-state index in [9.17, 15) is 4.79 Å². The number of ether oxygens (including phenoxy) is 1. The van der Waals surface area contributed by atoms with Gasteiger partial charge in [0.1, 0.15) is 6.61 Å². The van der Waals surface area contributed by atoms with Crippen LogP contribution in [0.25, 0.3) is 0 Å². The molecule has 2 aliphatic rings. The molecular formula is C21H29N5O3. The summed E-state index contributed by atoms with van der Waals surface area (Å²) in [4.78, 5) is 23.9. The summed E-state index contributed by atoms with van der Waals surface area (Å²) >= 11 is 0. The maximum absolute atomic E-state index is 13.0. The van der Waals surface area contributed by atoms with E-state index in [2.05, 4.69) is 45.1 Å². The molecule has 0 saturated carbocycles. The molecule has 8 nitrogen and oxygen atoms in total. The second-order valence-electron chi connectivity index (χ2n) is 7.75. The minimum absolute atomic E-state index is 0.0555. The average Bonchev–Trinajstić information content (AvgIpc) is 3.22. The molecule has 156 valence electrons. The van der Waals surface area contributed by atoms with Gasteiger partial charge in [-0.05, 0) is 31.4 Å². The molecule has 1 aromatic heterocycles. The minimum atomic E-state index is 0.0555. The fourth-order valence-corrected chi connectivity index (χ4v) is 4.16. The number of para-hydroxylation sites is 1. The van der Waals surface area contributed by atoms with Gasteiger partial charge in [-0.2, -0.15) is 4.98 Å². The van der Waals surface area contributed by atoms with Crippen molar-refractivity contribution in [1.29, 1.82) is 0 Å². The molecule has 1 atom stereocenters. The normalized spacial score (nSPS) is 19.2. The lowest BCUT2D eigenvalue weighted by atomic mass is 10.0. The predicted molar refractivity (Wildman–Crippen MR) is 109 cm³/mol. The number of rotatable bonds is 6. The molecule has 2 aromatic rings. The van der Waals surface area contributed by atoms with Crippen LogP contribution >= 0.6 is 0 Å². The Balaban J connectivity index is 1.30. The summed E-state index contributed by atoms with van der Waals surface area (Å²) in [6, 6.07) is 8.31. The Morgan fingerprint density at radius 3 is 2.79 bits per heavy atom. The van der Waals surface area contributed by atoms with Crippen LogP contribution in [0.15, 0.2) is 28.8 Å². The first-order valence-electron chi connectivity index (χ1n) is 10.3. The van der Waals surface area contributed by atoms with Crippen LogP contribution in [0.4, 0.5) is 5.69 Å². The molecule has 1 saturated heterocycles. The van der Waals surface area contributed by atoms with Crippen LogP contribution in [0.2, 0.25) is 0 Å². The number of piperazine rings is 1. The second kappa shape index (κ2) is 9.02. The van der Waals surface area contributed by atoms with Crippen molar-refractivity contribution in [2.75, 3.05) is 51.3 Å². The SMILES string of the molecule is COCc1noc(C(C)N2CCN(CC(=O)N3CCCc4ccccc43)CC2)n1. The summed E-state index contributed by atoms with van der Waals surface area (Å²) in [5.41, 5.74) is 2.36. The highest BCUT2D eigenvalue weighted by Gasteiger charge is 2.28. The van der Waals surface area contributed by atoms with Crippen LogP contribution in [0.5, 0.6) is 0 Å². The standard InChI is InChI=1S/C21H29N5O3/c1-16(21-22-19(15-28-2)23-29-21)25-12-10-24(11-13-25)14-20(27)26-9-5-7-17-6-3-4-8-18(17)26/h3-4,6,8,16H,5,7,9-15H2,1-2H3. The molecule has 0 N–H and O–H groups in total. The third-order valence-electron chi connectivity index (χ3n) is 5.84. The first kappa shape index (κ1) is 20.0. The van der Waals surface area contributed by atoms with Crippen LogP contribution in [-0.4, -0.2) is 72.2 Å². The van der Waals surface area contributed by atoms with Gasteiger partial charge in [-0.15, -0.1) is 0 Å². The van der Waals surface area contributed by atoms with Gasteiger partial charge in [0.15, 0.2) is 5.82 Å². The molecule has 29 heavy (non-hydrogen) atoms. The maximum Gasteiger partial charge on any atom is 0.243 e. The Kier molecular flexibility index (Phi) is 6.22. The summed E-state index contributed by atoms with van der Waals surface area (Å²) in [7, 11) is 1.61. The Morgan fingerprint density at radius 1 is 1.21 bits per heavy atom. The molecule has 2 aliphatic heterocycles. The summed E-state index contributed by atoms with van der Waals surface area (Å²) in [6.45, 7) is 7.15. The number of methoxy groups -OCH3 is 1. The number of benzene rings is 1. The highest BCUT2D eigenvalue weighted by molar-refractivity contribution is 5.95. The van der Waals surface area contributed by atoms with Gasteiger partial charge in [-0.25, -0.2) is 0 Å². The van der Waals surface area contributed by atoms with E-state index >= 15 is 0 Å². The van der Waals surface area contributed by atoms with Crippen molar-refractivity contribution < 1.29 is 14.1 Å². The number of amides is 1. The third kappa shape index (κ3) is 4.49. The molecule has 0 bridgehead atoms. The number of aryl methyl sites for hydroxylation is 1. The molecule has 4 rings (SSSR count). The Labute approximate surface area is 171 Å². The molecule has 1 amide bonds. The van der Waals surface area contributed by atoms with E-state index < -0.39 is 0 Å². The van der Waals surface area contributed by atoms with E-state index in [1.54, 1.807) is 7.11 Å². The zero-order valence-electron chi connectivity index (χ0n) is 17.2. The van der Waals surface area contributed by atoms with Crippen LogP contribution in [-0.2, 0) is 22.6 Å². The van der Waals surface area contributed by atoms with Gasteiger partial charge in [0.05, 0.1) is 12.6 Å². The quantitative estimate of drug-likeness (QED) is 0.734. The van der Waals surface area contributed by atoms with E-state index in [1.165, 1.54) is 5.56 Å². The van der Waals surface area contributed by atoms with Gasteiger partial charge in [0.2, 0.25) is 11.8 Å². The molecule has 1 unspecified atom stereocenters. The van der Waals surface area contributed by atoms with Crippen molar-refractivity contribution in [3.63, 3.8) is 0 Å². The van der Waals surface area contributed by atoms with Crippen molar-refractivity contribution in [1.82, 2.24) is 19.9 Å². The first-order chi connectivity index (χ1) is 14.2. The number of hydrogen-bond acceptors (Lipinski definition) is 7. The van der Waals surface area contributed by atoms with Crippen LogP contribution in [0.1, 0.15) is 36.7 Å². The monoisotopic (exact) mass is 399 g/mol. The minimum Gasteiger partial charge on any atom is -0.377 e. The molecule has 1 fully saturated rings. The predicted octanol–water partition coefficient (Wildman–Crippen LogP) is 1.87. The molecular weight excluding hydrogens is 370 g/mol. The number of fused-ring (bicyclic) bond motifs is 1. The molecule has 0 spiro atoms.